The third-order valence-electron chi connectivity index (χ3n) is 6.05. The summed E-state index contributed by atoms with van der Waals surface area (Å²) >= 11 is 0. The quantitative estimate of drug-likeness (QED) is 0.788. The number of ether oxygens (including phenoxy) is 1. The number of alkyl halides is 2. The topological polar surface area (TPSA) is 76.4 Å². The second-order valence-electron chi connectivity index (χ2n) is 8.11. The minimum absolute atomic E-state index is 0.242. The molecule has 2 aliphatic carbocycles. The summed E-state index contributed by atoms with van der Waals surface area (Å²) in [7, 11) is 0. The molecule has 0 spiro atoms. The average Bonchev–Trinajstić information content (AvgIpc) is 3.05. The van der Waals surface area contributed by atoms with E-state index in [2.05, 4.69) is 15.8 Å². The first-order valence-corrected chi connectivity index (χ1v) is 9.93. The summed E-state index contributed by atoms with van der Waals surface area (Å²) in [6.07, 6.45) is 4.17. The number of aryl methyl sites for hydroxylation is 1. The Balaban J connectivity index is 1.27. The first-order chi connectivity index (χ1) is 13.0. The number of amides is 1. The molecule has 2 N–H and O–H groups in total. The van der Waals surface area contributed by atoms with Crippen LogP contribution in [0.15, 0.2) is 4.52 Å². The molecular weight excluding hydrogens is 356 g/mol. The Morgan fingerprint density at radius 2 is 2.00 bits per heavy atom. The monoisotopic (exact) mass is 383 g/mol. The van der Waals surface area contributed by atoms with Crippen molar-refractivity contribution in [3.05, 3.63) is 17.0 Å². The number of halogens is 2. The first-order valence-electron chi connectivity index (χ1n) is 9.93. The van der Waals surface area contributed by atoms with Crippen molar-refractivity contribution in [2.24, 2.45) is 11.8 Å². The summed E-state index contributed by atoms with van der Waals surface area (Å²) in [4.78, 5) is 12.0. The van der Waals surface area contributed by atoms with Gasteiger partial charge >= 0.3 is 0 Å². The predicted octanol–water partition coefficient (Wildman–Crippen LogP) is 2.21. The molecule has 0 radical (unpaired) electrons. The lowest BCUT2D eigenvalue weighted by atomic mass is 9.81. The molecule has 1 amide bonds. The van der Waals surface area contributed by atoms with Gasteiger partial charge in [-0.2, -0.15) is 0 Å². The largest absolute Gasteiger partial charge is 0.381 e. The van der Waals surface area contributed by atoms with Crippen LogP contribution in [0.3, 0.4) is 0 Å². The molecule has 1 atom stereocenters. The Morgan fingerprint density at radius 1 is 1.22 bits per heavy atom. The molecule has 1 aromatic heterocycles. The van der Waals surface area contributed by atoms with Crippen molar-refractivity contribution in [1.82, 2.24) is 15.8 Å². The first kappa shape index (κ1) is 18.8. The fraction of sp³-hybridized carbons (Fsp3) is 0.789. The number of fused-ring (bicyclic) bond motifs is 1. The second kappa shape index (κ2) is 7.83. The van der Waals surface area contributed by atoms with Gasteiger partial charge in [-0.15, -0.1) is 0 Å². The van der Waals surface area contributed by atoms with Crippen LogP contribution in [-0.4, -0.2) is 42.8 Å². The Bertz CT molecular complexity index is 665. The zero-order valence-electron chi connectivity index (χ0n) is 15.4. The lowest BCUT2D eigenvalue weighted by Gasteiger charge is -2.33. The van der Waals surface area contributed by atoms with Crippen molar-refractivity contribution in [1.29, 1.82) is 0 Å². The molecule has 0 aromatic carbocycles. The van der Waals surface area contributed by atoms with E-state index in [-0.39, 0.29) is 25.3 Å². The maximum Gasteiger partial charge on any atom is 0.249 e. The number of nitrogens with zero attached hydrogens (tertiary/aromatic N) is 1. The van der Waals surface area contributed by atoms with Crippen LogP contribution in [0.25, 0.3) is 0 Å². The molecule has 6 nitrogen and oxygen atoms in total. The summed E-state index contributed by atoms with van der Waals surface area (Å²) in [6, 6.07) is 0.375. The lowest BCUT2D eigenvalue weighted by molar-refractivity contribution is -0.150. The van der Waals surface area contributed by atoms with Crippen molar-refractivity contribution >= 4 is 5.91 Å². The van der Waals surface area contributed by atoms with Gasteiger partial charge in [0.05, 0.1) is 6.54 Å². The highest BCUT2D eigenvalue weighted by Gasteiger charge is 2.48. The highest BCUT2D eigenvalue weighted by Crippen LogP contribution is 2.42. The molecule has 1 aromatic rings. The van der Waals surface area contributed by atoms with Gasteiger partial charge in [-0.3, -0.25) is 4.79 Å². The van der Waals surface area contributed by atoms with E-state index in [1.54, 1.807) is 0 Å². The Kier molecular flexibility index (Phi) is 5.45. The Hall–Kier alpha value is -1.54. The molecule has 150 valence electrons. The number of hydrogen-bond acceptors (Lipinski definition) is 5. The van der Waals surface area contributed by atoms with E-state index in [9.17, 15) is 13.6 Å². The minimum atomic E-state index is -2.68. The van der Waals surface area contributed by atoms with E-state index in [0.717, 1.165) is 68.9 Å². The minimum Gasteiger partial charge on any atom is -0.381 e. The summed E-state index contributed by atoms with van der Waals surface area (Å²) in [5, 5.41) is 10.5. The second-order valence-corrected chi connectivity index (χ2v) is 8.11. The molecule has 0 bridgehead atoms. The number of carbonyl (C=O) groups excluding carboxylic acids is 1. The number of aromatic nitrogens is 1. The van der Waals surface area contributed by atoms with Crippen LogP contribution in [0.5, 0.6) is 0 Å². The van der Waals surface area contributed by atoms with Crippen molar-refractivity contribution in [3.8, 4) is 0 Å². The molecule has 1 saturated heterocycles. The van der Waals surface area contributed by atoms with Crippen LogP contribution in [0, 0.1) is 11.8 Å². The van der Waals surface area contributed by atoms with Gasteiger partial charge in [-0.25, -0.2) is 8.78 Å². The Labute approximate surface area is 157 Å². The molecule has 4 rings (SSSR count). The highest BCUT2D eigenvalue weighted by atomic mass is 19.3. The van der Waals surface area contributed by atoms with Gasteiger partial charge in [0.2, 0.25) is 11.8 Å². The fourth-order valence-corrected chi connectivity index (χ4v) is 4.22. The maximum atomic E-state index is 12.9. The van der Waals surface area contributed by atoms with E-state index in [0.29, 0.717) is 12.0 Å². The number of carbonyl (C=O) groups is 1. The normalized spacial score (nSPS) is 25.6. The van der Waals surface area contributed by atoms with Gasteiger partial charge in [0.25, 0.3) is 0 Å². The van der Waals surface area contributed by atoms with E-state index in [1.165, 1.54) is 0 Å². The van der Waals surface area contributed by atoms with Gasteiger partial charge in [0, 0.05) is 50.0 Å². The van der Waals surface area contributed by atoms with Crippen LogP contribution in [0.2, 0.25) is 0 Å². The van der Waals surface area contributed by atoms with E-state index >= 15 is 0 Å². The standard InChI is InChI=1S/C19H27F2N3O3/c20-19(21)8-13(9-19)18(25)23-11-16-15-7-14(1-2-17(15)27-24-16)22-10-12-3-5-26-6-4-12/h12-14,22H,1-11H2,(H,23,25). The predicted molar refractivity (Wildman–Crippen MR) is 93.4 cm³/mol. The molecular formula is C19H27F2N3O3. The average molecular weight is 383 g/mol. The van der Waals surface area contributed by atoms with Crippen molar-refractivity contribution in [2.75, 3.05) is 19.8 Å². The number of rotatable bonds is 6. The van der Waals surface area contributed by atoms with Gasteiger partial charge in [-0.1, -0.05) is 5.16 Å². The smallest absolute Gasteiger partial charge is 0.249 e. The molecule has 1 aliphatic heterocycles. The summed E-state index contributed by atoms with van der Waals surface area (Å²) in [5.74, 6) is -2.03. The van der Waals surface area contributed by atoms with Crippen LogP contribution in [0.1, 0.15) is 49.1 Å². The zero-order valence-corrected chi connectivity index (χ0v) is 15.4. The molecule has 3 aliphatic rings. The molecule has 27 heavy (non-hydrogen) atoms. The van der Waals surface area contributed by atoms with E-state index in [1.807, 2.05) is 0 Å². The SMILES string of the molecule is O=C(NCc1noc2c1CC(NCC1CCOCC1)CC2)C1CC(F)(F)C1. The van der Waals surface area contributed by atoms with Gasteiger partial charge in [-0.05, 0) is 38.1 Å². The lowest BCUT2D eigenvalue weighted by Crippen LogP contribution is -2.45. The van der Waals surface area contributed by atoms with Gasteiger partial charge < -0.3 is 19.9 Å². The van der Waals surface area contributed by atoms with Crippen LogP contribution >= 0.6 is 0 Å². The van der Waals surface area contributed by atoms with Crippen LogP contribution < -0.4 is 10.6 Å². The van der Waals surface area contributed by atoms with Crippen LogP contribution in [-0.2, 0) is 28.9 Å². The summed E-state index contributed by atoms with van der Waals surface area (Å²) < 4.78 is 36.7. The summed E-state index contributed by atoms with van der Waals surface area (Å²) in [5.41, 5.74) is 1.78. The highest BCUT2D eigenvalue weighted by molar-refractivity contribution is 5.79. The summed E-state index contributed by atoms with van der Waals surface area (Å²) in [6.45, 7) is 2.94. The molecule has 2 fully saturated rings. The molecule has 8 heteroatoms. The van der Waals surface area contributed by atoms with Crippen molar-refractivity contribution < 1.29 is 22.8 Å². The van der Waals surface area contributed by atoms with Gasteiger partial charge in [0.15, 0.2) is 0 Å². The van der Waals surface area contributed by atoms with Crippen molar-refractivity contribution in [3.63, 3.8) is 0 Å². The Morgan fingerprint density at radius 3 is 2.74 bits per heavy atom. The zero-order chi connectivity index (χ0) is 18.9. The van der Waals surface area contributed by atoms with Crippen LogP contribution in [0.4, 0.5) is 8.78 Å². The number of nitrogens with one attached hydrogen (secondary N) is 2. The van der Waals surface area contributed by atoms with Crippen molar-refractivity contribution in [2.45, 2.75) is 63.5 Å². The molecule has 1 saturated carbocycles. The van der Waals surface area contributed by atoms with E-state index in [4.69, 9.17) is 9.26 Å². The third-order valence-corrected chi connectivity index (χ3v) is 6.05. The van der Waals surface area contributed by atoms with E-state index < -0.39 is 11.8 Å². The fourth-order valence-electron chi connectivity index (χ4n) is 4.22. The molecule has 1 unspecified atom stereocenters. The third kappa shape index (κ3) is 4.48. The number of hydrogen-bond donors (Lipinski definition) is 2. The van der Waals surface area contributed by atoms with Gasteiger partial charge in [0.1, 0.15) is 11.5 Å². The maximum absolute atomic E-state index is 12.9. The molecule has 2 heterocycles.